The number of carbonyl (C=O) groups is 1. The van der Waals surface area contributed by atoms with Crippen molar-refractivity contribution >= 4 is 27.3 Å². The largest absolute Gasteiger partial charge is 0.416 e. The molecule has 0 aliphatic carbocycles. The zero-order valence-electron chi connectivity index (χ0n) is 16.5. The SMILES string of the molecule is CCc1cccc(C)c1NC(=O)[C@@H](C)N(c1cccc(C(F)(F)F)c1)S(C)(=O)=O. The average molecular weight is 428 g/mol. The van der Waals surface area contributed by atoms with E-state index in [0.29, 0.717) is 16.4 Å². The minimum Gasteiger partial charge on any atom is -0.324 e. The van der Waals surface area contributed by atoms with Crippen molar-refractivity contribution in [1.29, 1.82) is 0 Å². The number of nitrogens with zero attached hydrogens (tertiary/aromatic N) is 1. The minimum atomic E-state index is -4.64. The normalized spacial score (nSPS) is 13.1. The van der Waals surface area contributed by atoms with Crippen molar-refractivity contribution in [2.24, 2.45) is 0 Å². The maximum Gasteiger partial charge on any atom is 0.416 e. The first-order chi connectivity index (χ1) is 13.4. The van der Waals surface area contributed by atoms with Crippen molar-refractivity contribution in [2.75, 3.05) is 15.9 Å². The molecule has 0 aliphatic rings. The monoisotopic (exact) mass is 428 g/mol. The predicted octanol–water partition coefficient (Wildman–Crippen LogP) is 4.37. The molecule has 2 rings (SSSR count). The van der Waals surface area contributed by atoms with Gasteiger partial charge in [-0.2, -0.15) is 13.2 Å². The Bertz CT molecular complexity index is 1000. The molecule has 1 atom stereocenters. The van der Waals surface area contributed by atoms with Crippen LogP contribution in [-0.2, 0) is 27.4 Å². The second-order valence-corrected chi connectivity index (χ2v) is 8.59. The number of benzene rings is 2. The maximum absolute atomic E-state index is 13.1. The summed E-state index contributed by atoms with van der Waals surface area (Å²) in [6.07, 6.45) is -3.14. The Kier molecular flexibility index (Phi) is 6.62. The van der Waals surface area contributed by atoms with Crippen LogP contribution in [0.3, 0.4) is 0 Å². The molecule has 0 aliphatic heterocycles. The van der Waals surface area contributed by atoms with Crippen LogP contribution in [0.4, 0.5) is 24.5 Å². The Labute approximate surface area is 168 Å². The number of aryl methyl sites for hydroxylation is 2. The first-order valence-corrected chi connectivity index (χ1v) is 10.8. The lowest BCUT2D eigenvalue weighted by atomic mass is 10.1. The van der Waals surface area contributed by atoms with Gasteiger partial charge in [-0.1, -0.05) is 31.2 Å². The van der Waals surface area contributed by atoms with E-state index < -0.39 is 33.7 Å². The van der Waals surface area contributed by atoms with E-state index >= 15 is 0 Å². The molecule has 0 saturated heterocycles. The molecule has 0 aromatic heterocycles. The number of sulfonamides is 1. The molecule has 0 fully saturated rings. The molecule has 0 bridgehead atoms. The summed E-state index contributed by atoms with van der Waals surface area (Å²) in [5, 5.41) is 2.73. The highest BCUT2D eigenvalue weighted by atomic mass is 32.2. The van der Waals surface area contributed by atoms with Gasteiger partial charge in [-0.15, -0.1) is 0 Å². The zero-order chi connectivity index (χ0) is 22.0. The third-order valence-corrected chi connectivity index (χ3v) is 5.75. The summed E-state index contributed by atoms with van der Waals surface area (Å²) in [6.45, 7) is 5.06. The fourth-order valence-corrected chi connectivity index (χ4v) is 4.22. The van der Waals surface area contributed by atoms with E-state index in [1.165, 1.54) is 13.0 Å². The number of carbonyl (C=O) groups excluding carboxylic acids is 1. The van der Waals surface area contributed by atoms with Gasteiger partial charge in [0.1, 0.15) is 6.04 Å². The highest BCUT2D eigenvalue weighted by Gasteiger charge is 2.34. The number of nitrogens with one attached hydrogen (secondary N) is 1. The van der Waals surface area contributed by atoms with Crippen LogP contribution in [0.1, 0.15) is 30.5 Å². The molecular formula is C20H23F3N2O3S. The van der Waals surface area contributed by atoms with Crippen LogP contribution >= 0.6 is 0 Å². The van der Waals surface area contributed by atoms with E-state index in [1.807, 2.05) is 19.1 Å². The van der Waals surface area contributed by atoms with Gasteiger partial charge in [0.15, 0.2) is 0 Å². The third-order valence-electron chi connectivity index (χ3n) is 4.50. The van der Waals surface area contributed by atoms with Gasteiger partial charge in [-0.3, -0.25) is 9.10 Å². The Hall–Kier alpha value is -2.55. The van der Waals surface area contributed by atoms with Crippen molar-refractivity contribution in [1.82, 2.24) is 0 Å². The second-order valence-electron chi connectivity index (χ2n) is 6.73. The van der Waals surface area contributed by atoms with Crippen LogP contribution in [-0.4, -0.2) is 26.6 Å². The first-order valence-electron chi connectivity index (χ1n) is 8.92. The third kappa shape index (κ3) is 5.29. The van der Waals surface area contributed by atoms with Gasteiger partial charge in [-0.25, -0.2) is 8.42 Å². The van der Waals surface area contributed by atoms with Crippen LogP contribution in [0.25, 0.3) is 0 Å². The van der Waals surface area contributed by atoms with Crippen molar-refractivity contribution in [3.63, 3.8) is 0 Å². The molecule has 0 unspecified atom stereocenters. The van der Waals surface area contributed by atoms with Crippen molar-refractivity contribution in [2.45, 2.75) is 39.4 Å². The number of anilines is 2. The standard InChI is InChI=1S/C20H23F3N2O3S/c1-5-15-9-6-8-13(2)18(15)24-19(26)14(3)25(29(4,27)28)17-11-7-10-16(12-17)20(21,22)23/h6-12,14H,5H2,1-4H3,(H,24,26)/t14-/m1/s1. The van der Waals surface area contributed by atoms with Gasteiger partial charge in [0.25, 0.3) is 0 Å². The molecule has 0 spiro atoms. The van der Waals surface area contributed by atoms with Gasteiger partial charge < -0.3 is 5.32 Å². The lowest BCUT2D eigenvalue weighted by Gasteiger charge is -2.29. The summed E-state index contributed by atoms with van der Waals surface area (Å²) in [6, 6.07) is 8.13. The van der Waals surface area contributed by atoms with E-state index in [0.717, 1.165) is 35.6 Å². The molecule has 1 N–H and O–H groups in total. The molecule has 2 aromatic carbocycles. The Balaban J connectivity index is 2.43. The zero-order valence-corrected chi connectivity index (χ0v) is 17.4. The van der Waals surface area contributed by atoms with Crippen molar-refractivity contribution in [3.05, 3.63) is 59.2 Å². The summed E-state index contributed by atoms with van der Waals surface area (Å²) >= 11 is 0. The Morgan fingerprint density at radius 3 is 2.34 bits per heavy atom. The van der Waals surface area contributed by atoms with Crippen LogP contribution in [0.5, 0.6) is 0 Å². The summed E-state index contributed by atoms with van der Waals surface area (Å²) in [4.78, 5) is 12.8. The second kappa shape index (κ2) is 8.44. The van der Waals surface area contributed by atoms with Crippen molar-refractivity contribution in [3.8, 4) is 0 Å². The topological polar surface area (TPSA) is 66.5 Å². The van der Waals surface area contributed by atoms with E-state index in [2.05, 4.69) is 5.32 Å². The fraction of sp³-hybridized carbons (Fsp3) is 0.350. The Morgan fingerprint density at radius 2 is 1.79 bits per heavy atom. The highest BCUT2D eigenvalue weighted by Crippen LogP contribution is 2.33. The minimum absolute atomic E-state index is 0.231. The number of para-hydroxylation sites is 1. The van der Waals surface area contributed by atoms with Crippen LogP contribution in [0.15, 0.2) is 42.5 Å². The lowest BCUT2D eigenvalue weighted by Crippen LogP contribution is -2.45. The van der Waals surface area contributed by atoms with Gasteiger partial charge >= 0.3 is 6.18 Å². The molecular weight excluding hydrogens is 405 g/mol. The van der Waals surface area contributed by atoms with Gasteiger partial charge in [-0.05, 0) is 49.6 Å². The highest BCUT2D eigenvalue weighted by molar-refractivity contribution is 7.92. The van der Waals surface area contributed by atoms with Crippen LogP contribution < -0.4 is 9.62 Å². The predicted molar refractivity (Wildman–Crippen MR) is 107 cm³/mol. The van der Waals surface area contributed by atoms with Crippen LogP contribution in [0.2, 0.25) is 0 Å². The van der Waals surface area contributed by atoms with Crippen LogP contribution in [0, 0.1) is 6.92 Å². The average Bonchev–Trinajstić information content (AvgIpc) is 2.61. The fourth-order valence-electron chi connectivity index (χ4n) is 3.06. The molecule has 5 nitrogen and oxygen atoms in total. The van der Waals surface area contributed by atoms with Crippen molar-refractivity contribution < 1.29 is 26.4 Å². The van der Waals surface area contributed by atoms with E-state index in [9.17, 15) is 26.4 Å². The number of amides is 1. The Morgan fingerprint density at radius 1 is 1.17 bits per heavy atom. The van der Waals surface area contributed by atoms with E-state index in [1.54, 1.807) is 13.0 Å². The van der Waals surface area contributed by atoms with E-state index in [4.69, 9.17) is 0 Å². The number of hydrogen-bond acceptors (Lipinski definition) is 3. The molecule has 0 saturated carbocycles. The number of rotatable bonds is 6. The molecule has 29 heavy (non-hydrogen) atoms. The number of hydrogen-bond donors (Lipinski definition) is 1. The van der Waals surface area contributed by atoms with Gasteiger partial charge in [0.05, 0.1) is 17.5 Å². The quantitative estimate of drug-likeness (QED) is 0.743. The lowest BCUT2D eigenvalue weighted by molar-refractivity contribution is -0.137. The first kappa shape index (κ1) is 22.7. The molecule has 1 amide bonds. The number of alkyl halides is 3. The maximum atomic E-state index is 13.1. The van der Waals surface area contributed by atoms with E-state index in [-0.39, 0.29) is 5.69 Å². The summed E-state index contributed by atoms with van der Waals surface area (Å²) in [7, 11) is -4.04. The summed E-state index contributed by atoms with van der Waals surface area (Å²) in [5.74, 6) is -0.642. The molecule has 0 heterocycles. The molecule has 158 valence electrons. The summed E-state index contributed by atoms with van der Waals surface area (Å²) < 4.78 is 64.6. The van der Waals surface area contributed by atoms with Gasteiger partial charge in [0, 0.05) is 5.69 Å². The number of halogens is 3. The van der Waals surface area contributed by atoms with Gasteiger partial charge in [0.2, 0.25) is 15.9 Å². The molecule has 2 aromatic rings. The molecule has 0 radical (unpaired) electrons. The molecule has 9 heteroatoms. The smallest absolute Gasteiger partial charge is 0.324 e. The summed E-state index contributed by atoms with van der Waals surface area (Å²) in [5.41, 5.74) is 1.02.